The Morgan fingerprint density at radius 3 is 2.39 bits per heavy atom. The smallest absolute Gasteiger partial charge is 0.160 e. The normalized spacial score (nSPS) is 10.8. The Bertz CT molecular complexity index is 705. The first-order valence-electron chi connectivity index (χ1n) is 5.73. The van der Waals surface area contributed by atoms with Crippen molar-refractivity contribution in [2.24, 2.45) is 0 Å². The maximum atomic E-state index is 4.62. The molecule has 1 heterocycles. The average molecular weight is 346 g/mol. The molecule has 0 bridgehead atoms. The predicted octanol–water partition coefficient (Wildman–Crippen LogP) is 4.21. The van der Waals surface area contributed by atoms with E-state index in [1.54, 1.807) is 0 Å². The molecule has 88 valence electrons. The largest absolute Gasteiger partial charge is 0.228 e. The van der Waals surface area contributed by atoms with Gasteiger partial charge in [0.1, 0.15) is 3.70 Å². The third-order valence-electron chi connectivity index (χ3n) is 2.87. The molecule has 0 aliphatic heterocycles. The van der Waals surface area contributed by atoms with E-state index in [0.717, 1.165) is 26.0 Å². The summed E-state index contributed by atoms with van der Waals surface area (Å²) in [5, 5.41) is 1.11. The Morgan fingerprint density at radius 1 is 0.889 bits per heavy atom. The van der Waals surface area contributed by atoms with Crippen LogP contribution in [0.1, 0.15) is 5.56 Å². The van der Waals surface area contributed by atoms with Gasteiger partial charge in [-0.25, -0.2) is 9.97 Å². The number of aryl methyl sites for hydroxylation is 1. The van der Waals surface area contributed by atoms with Crippen molar-refractivity contribution < 1.29 is 0 Å². The van der Waals surface area contributed by atoms with Crippen LogP contribution >= 0.6 is 22.6 Å². The van der Waals surface area contributed by atoms with E-state index < -0.39 is 0 Å². The lowest BCUT2D eigenvalue weighted by Gasteiger charge is -2.05. The maximum absolute atomic E-state index is 4.62. The highest BCUT2D eigenvalue weighted by molar-refractivity contribution is 14.1. The standard InChI is InChI=1S/C15H11IN2/c1-10-6-8-11(9-7-10)15-17-13-5-3-2-4-12(13)14(16)18-15/h2-9H,1H3. The molecule has 0 unspecified atom stereocenters. The monoisotopic (exact) mass is 346 g/mol. The second-order valence-corrected chi connectivity index (χ2v) is 5.24. The molecule has 2 aromatic carbocycles. The summed E-state index contributed by atoms with van der Waals surface area (Å²) in [6.07, 6.45) is 0. The van der Waals surface area contributed by atoms with E-state index in [-0.39, 0.29) is 0 Å². The molecule has 1 aromatic heterocycles. The van der Waals surface area contributed by atoms with Gasteiger partial charge in [-0.3, -0.25) is 0 Å². The van der Waals surface area contributed by atoms with Crippen LogP contribution in [-0.4, -0.2) is 9.97 Å². The minimum atomic E-state index is 0.790. The van der Waals surface area contributed by atoms with E-state index in [1.165, 1.54) is 5.56 Å². The summed E-state index contributed by atoms with van der Waals surface area (Å²) in [5.74, 6) is 0.790. The van der Waals surface area contributed by atoms with Gasteiger partial charge < -0.3 is 0 Å². The highest BCUT2D eigenvalue weighted by Crippen LogP contribution is 2.22. The van der Waals surface area contributed by atoms with Crippen LogP contribution in [0.3, 0.4) is 0 Å². The van der Waals surface area contributed by atoms with Crippen molar-refractivity contribution in [2.45, 2.75) is 6.92 Å². The fourth-order valence-electron chi connectivity index (χ4n) is 1.87. The van der Waals surface area contributed by atoms with Crippen LogP contribution in [0.4, 0.5) is 0 Å². The van der Waals surface area contributed by atoms with Crippen molar-refractivity contribution in [1.82, 2.24) is 9.97 Å². The van der Waals surface area contributed by atoms with Gasteiger partial charge in [0.05, 0.1) is 5.52 Å². The van der Waals surface area contributed by atoms with Crippen LogP contribution < -0.4 is 0 Å². The summed E-state index contributed by atoms with van der Waals surface area (Å²) in [6, 6.07) is 16.4. The number of fused-ring (bicyclic) bond motifs is 1. The molecule has 3 rings (SSSR count). The topological polar surface area (TPSA) is 25.8 Å². The maximum Gasteiger partial charge on any atom is 0.160 e. The molecule has 0 aliphatic carbocycles. The molecule has 0 N–H and O–H groups in total. The first-order chi connectivity index (χ1) is 8.74. The Balaban J connectivity index is 2.21. The van der Waals surface area contributed by atoms with Crippen LogP contribution in [0.25, 0.3) is 22.3 Å². The zero-order chi connectivity index (χ0) is 12.5. The molecule has 0 fully saturated rings. The highest BCUT2D eigenvalue weighted by Gasteiger charge is 2.06. The number of halogens is 1. The SMILES string of the molecule is Cc1ccc(-c2nc(I)c3ccccc3n2)cc1. The third-order valence-corrected chi connectivity index (χ3v) is 3.69. The Morgan fingerprint density at radius 2 is 1.61 bits per heavy atom. The summed E-state index contributed by atoms with van der Waals surface area (Å²) in [7, 11) is 0. The van der Waals surface area contributed by atoms with E-state index >= 15 is 0 Å². The molecular weight excluding hydrogens is 335 g/mol. The Labute approximate surface area is 119 Å². The molecule has 3 aromatic rings. The van der Waals surface area contributed by atoms with E-state index in [1.807, 2.05) is 18.2 Å². The summed E-state index contributed by atoms with van der Waals surface area (Å²) in [4.78, 5) is 9.20. The van der Waals surface area contributed by atoms with Gasteiger partial charge in [0, 0.05) is 10.9 Å². The van der Waals surface area contributed by atoms with Gasteiger partial charge in [-0.15, -0.1) is 0 Å². The van der Waals surface area contributed by atoms with Crippen molar-refractivity contribution in [2.75, 3.05) is 0 Å². The van der Waals surface area contributed by atoms with Gasteiger partial charge in [0.25, 0.3) is 0 Å². The van der Waals surface area contributed by atoms with Crippen molar-refractivity contribution >= 4 is 33.5 Å². The van der Waals surface area contributed by atoms with E-state index in [2.05, 4.69) is 69.8 Å². The zero-order valence-electron chi connectivity index (χ0n) is 9.89. The molecule has 0 amide bonds. The summed E-state index contributed by atoms with van der Waals surface area (Å²) >= 11 is 2.27. The van der Waals surface area contributed by atoms with Gasteiger partial charge in [0.15, 0.2) is 5.82 Å². The number of hydrogen-bond acceptors (Lipinski definition) is 2. The van der Waals surface area contributed by atoms with Crippen LogP contribution in [0, 0.1) is 10.6 Å². The number of aromatic nitrogens is 2. The van der Waals surface area contributed by atoms with E-state index in [9.17, 15) is 0 Å². The van der Waals surface area contributed by atoms with Crippen molar-refractivity contribution in [3.05, 3.63) is 57.8 Å². The fourth-order valence-corrected chi connectivity index (χ4v) is 2.55. The Kier molecular flexibility index (Phi) is 2.99. The second-order valence-electron chi connectivity index (χ2n) is 4.22. The first-order valence-corrected chi connectivity index (χ1v) is 6.81. The lowest BCUT2D eigenvalue weighted by molar-refractivity contribution is 1.19. The van der Waals surface area contributed by atoms with Gasteiger partial charge in [-0.2, -0.15) is 0 Å². The minimum absolute atomic E-state index is 0.790. The molecule has 0 radical (unpaired) electrons. The fraction of sp³-hybridized carbons (Fsp3) is 0.0667. The molecular formula is C15H11IN2. The minimum Gasteiger partial charge on any atom is -0.228 e. The second kappa shape index (κ2) is 4.65. The predicted molar refractivity (Wildman–Crippen MR) is 82.4 cm³/mol. The number of benzene rings is 2. The zero-order valence-corrected chi connectivity index (χ0v) is 12.0. The summed E-state index contributed by atoms with van der Waals surface area (Å²) < 4.78 is 0.994. The molecule has 0 saturated heterocycles. The van der Waals surface area contributed by atoms with Crippen LogP contribution in [-0.2, 0) is 0 Å². The van der Waals surface area contributed by atoms with Crippen LogP contribution in [0.2, 0.25) is 0 Å². The number of nitrogens with zero attached hydrogens (tertiary/aromatic N) is 2. The lowest BCUT2D eigenvalue weighted by atomic mass is 10.1. The molecule has 0 aliphatic rings. The summed E-state index contributed by atoms with van der Waals surface area (Å²) in [6.45, 7) is 2.08. The third kappa shape index (κ3) is 2.10. The van der Waals surface area contributed by atoms with Gasteiger partial charge in [0.2, 0.25) is 0 Å². The quantitative estimate of drug-likeness (QED) is 0.487. The number of para-hydroxylation sites is 1. The molecule has 0 saturated carbocycles. The van der Waals surface area contributed by atoms with E-state index in [0.29, 0.717) is 0 Å². The highest BCUT2D eigenvalue weighted by atomic mass is 127. The van der Waals surface area contributed by atoms with Crippen LogP contribution in [0.5, 0.6) is 0 Å². The lowest BCUT2D eigenvalue weighted by Crippen LogP contribution is -1.93. The number of rotatable bonds is 1. The average Bonchev–Trinajstić information content (AvgIpc) is 2.39. The van der Waals surface area contributed by atoms with Gasteiger partial charge in [-0.05, 0) is 35.6 Å². The van der Waals surface area contributed by atoms with Gasteiger partial charge in [-0.1, -0.05) is 48.0 Å². The molecule has 2 nitrogen and oxygen atoms in total. The molecule has 0 spiro atoms. The van der Waals surface area contributed by atoms with Crippen molar-refractivity contribution in [3.63, 3.8) is 0 Å². The molecule has 18 heavy (non-hydrogen) atoms. The number of hydrogen-bond donors (Lipinski definition) is 0. The Hall–Kier alpha value is -1.49. The first kappa shape index (κ1) is 11.6. The molecule has 3 heteroatoms. The molecule has 0 atom stereocenters. The van der Waals surface area contributed by atoms with Crippen molar-refractivity contribution in [3.8, 4) is 11.4 Å². The van der Waals surface area contributed by atoms with Gasteiger partial charge >= 0.3 is 0 Å². The summed E-state index contributed by atoms with van der Waals surface area (Å²) in [5.41, 5.74) is 3.30. The van der Waals surface area contributed by atoms with E-state index in [4.69, 9.17) is 0 Å². The van der Waals surface area contributed by atoms with Crippen LogP contribution in [0.15, 0.2) is 48.5 Å². The van der Waals surface area contributed by atoms with Crippen molar-refractivity contribution in [1.29, 1.82) is 0 Å².